The van der Waals surface area contributed by atoms with E-state index < -0.39 is 10.0 Å². The molecule has 0 fully saturated rings. The van der Waals surface area contributed by atoms with Crippen molar-refractivity contribution in [3.63, 3.8) is 0 Å². The zero-order valence-corrected chi connectivity index (χ0v) is 11.7. The third kappa shape index (κ3) is 4.21. The van der Waals surface area contributed by atoms with Crippen molar-refractivity contribution in [2.45, 2.75) is 26.7 Å². The fraction of sp³-hybridized carbons (Fsp3) is 0.500. The number of nitrogens with one attached hydrogen (secondary N) is 1. The highest BCUT2D eigenvalue weighted by Gasteiger charge is 2.13. The molecule has 5 heteroatoms. The molecule has 1 rings (SSSR count). The summed E-state index contributed by atoms with van der Waals surface area (Å²) in [6.45, 7) is 3.91. The van der Waals surface area contributed by atoms with Gasteiger partial charge in [0.05, 0.1) is 11.4 Å². The van der Waals surface area contributed by atoms with Gasteiger partial charge < -0.3 is 0 Å². The minimum atomic E-state index is -3.29. The van der Waals surface area contributed by atoms with Gasteiger partial charge in [-0.1, -0.05) is 25.1 Å². The molecule has 0 aromatic heterocycles. The molecular weight excluding hydrogens is 258 g/mol. The summed E-state index contributed by atoms with van der Waals surface area (Å²) in [7, 11) is -3.29. The summed E-state index contributed by atoms with van der Waals surface area (Å²) in [6.07, 6.45) is 1.26. The molecule has 0 spiro atoms. The predicted molar refractivity (Wildman–Crippen MR) is 73.3 cm³/mol. The molecule has 0 heterocycles. The van der Waals surface area contributed by atoms with Crippen molar-refractivity contribution in [2.24, 2.45) is 0 Å². The van der Waals surface area contributed by atoms with Crippen LogP contribution in [0.3, 0.4) is 0 Å². The van der Waals surface area contributed by atoms with E-state index in [1.807, 2.05) is 32.0 Å². The molecule has 96 valence electrons. The molecule has 1 aromatic rings. The van der Waals surface area contributed by atoms with Crippen LogP contribution in [0.5, 0.6) is 0 Å². The van der Waals surface area contributed by atoms with Gasteiger partial charge in [-0.15, -0.1) is 11.6 Å². The van der Waals surface area contributed by atoms with Crippen LogP contribution in [0.1, 0.15) is 24.5 Å². The summed E-state index contributed by atoms with van der Waals surface area (Å²) in [4.78, 5) is 0. The summed E-state index contributed by atoms with van der Waals surface area (Å²) in [6, 6.07) is 5.77. The monoisotopic (exact) mass is 275 g/mol. The number of aryl methyl sites for hydroxylation is 2. The molecule has 1 aromatic carbocycles. The highest BCUT2D eigenvalue weighted by atomic mass is 35.5. The van der Waals surface area contributed by atoms with Gasteiger partial charge in [-0.05, 0) is 30.9 Å². The van der Waals surface area contributed by atoms with Gasteiger partial charge in [-0.2, -0.15) is 0 Å². The number of para-hydroxylation sites is 1. The summed E-state index contributed by atoms with van der Waals surface area (Å²) in [5, 5.41) is 0. The molecule has 0 aliphatic rings. The van der Waals surface area contributed by atoms with Crippen molar-refractivity contribution in [2.75, 3.05) is 16.4 Å². The SMILES string of the molecule is CCc1cccc(C)c1NS(=O)(=O)CCCCl. The van der Waals surface area contributed by atoms with Gasteiger partial charge in [0.1, 0.15) is 0 Å². The van der Waals surface area contributed by atoms with E-state index >= 15 is 0 Å². The molecule has 0 bridgehead atoms. The zero-order chi connectivity index (χ0) is 12.9. The van der Waals surface area contributed by atoms with Crippen molar-refractivity contribution in [1.82, 2.24) is 0 Å². The van der Waals surface area contributed by atoms with Crippen LogP contribution in [-0.2, 0) is 16.4 Å². The first-order chi connectivity index (χ1) is 8.00. The maximum atomic E-state index is 11.8. The van der Waals surface area contributed by atoms with Gasteiger partial charge in [0.15, 0.2) is 0 Å². The minimum Gasteiger partial charge on any atom is -0.283 e. The Hall–Kier alpha value is -0.740. The van der Waals surface area contributed by atoms with E-state index in [1.54, 1.807) is 0 Å². The minimum absolute atomic E-state index is 0.0635. The number of rotatable bonds is 6. The average Bonchev–Trinajstić information content (AvgIpc) is 2.29. The number of hydrogen-bond acceptors (Lipinski definition) is 2. The normalized spacial score (nSPS) is 11.5. The van der Waals surface area contributed by atoms with E-state index in [9.17, 15) is 8.42 Å². The number of halogens is 1. The van der Waals surface area contributed by atoms with Crippen molar-refractivity contribution in [3.8, 4) is 0 Å². The Kier molecular flexibility index (Phi) is 5.28. The first kappa shape index (κ1) is 14.3. The lowest BCUT2D eigenvalue weighted by molar-refractivity contribution is 0.600. The molecule has 0 amide bonds. The predicted octanol–water partition coefficient (Wildman–Crippen LogP) is 2.93. The van der Waals surface area contributed by atoms with E-state index in [1.165, 1.54) is 0 Å². The largest absolute Gasteiger partial charge is 0.283 e. The Morgan fingerprint density at radius 1 is 1.35 bits per heavy atom. The standard InChI is InChI=1S/C12H18ClNO2S/c1-3-11-7-4-6-10(2)12(11)14-17(15,16)9-5-8-13/h4,6-7,14H,3,5,8-9H2,1-2H3. The van der Waals surface area contributed by atoms with Crippen LogP contribution in [0.2, 0.25) is 0 Å². The summed E-state index contributed by atoms with van der Waals surface area (Å²) < 4.78 is 26.3. The highest BCUT2D eigenvalue weighted by Crippen LogP contribution is 2.22. The van der Waals surface area contributed by atoms with Gasteiger partial charge in [0, 0.05) is 5.88 Å². The van der Waals surface area contributed by atoms with E-state index in [0.717, 1.165) is 17.5 Å². The zero-order valence-electron chi connectivity index (χ0n) is 10.2. The van der Waals surface area contributed by atoms with E-state index in [-0.39, 0.29) is 5.75 Å². The second-order valence-electron chi connectivity index (χ2n) is 3.93. The first-order valence-corrected chi connectivity index (χ1v) is 7.83. The fourth-order valence-electron chi connectivity index (χ4n) is 1.62. The Morgan fingerprint density at radius 2 is 2.06 bits per heavy atom. The Balaban J connectivity index is 2.94. The van der Waals surface area contributed by atoms with Crippen molar-refractivity contribution in [1.29, 1.82) is 0 Å². The van der Waals surface area contributed by atoms with Crippen molar-refractivity contribution in [3.05, 3.63) is 29.3 Å². The number of alkyl halides is 1. The van der Waals surface area contributed by atoms with Crippen LogP contribution in [0.4, 0.5) is 5.69 Å². The van der Waals surface area contributed by atoms with E-state index in [2.05, 4.69) is 4.72 Å². The number of hydrogen-bond donors (Lipinski definition) is 1. The Bertz CT molecular complexity index is 471. The molecule has 0 aliphatic heterocycles. The molecule has 0 radical (unpaired) electrons. The molecule has 3 nitrogen and oxygen atoms in total. The third-order valence-corrected chi connectivity index (χ3v) is 4.15. The van der Waals surface area contributed by atoms with Crippen molar-refractivity contribution >= 4 is 27.3 Å². The summed E-state index contributed by atoms with van der Waals surface area (Å²) >= 11 is 5.51. The van der Waals surface area contributed by atoms with Gasteiger partial charge in [0.25, 0.3) is 0 Å². The molecule has 1 N–H and O–H groups in total. The summed E-state index contributed by atoms with van der Waals surface area (Å²) in [5.74, 6) is 0.420. The molecule has 0 saturated carbocycles. The van der Waals surface area contributed by atoms with Gasteiger partial charge in [-0.3, -0.25) is 4.72 Å². The lowest BCUT2D eigenvalue weighted by atomic mass is 10.1. The molecule has 0 atom stereocenters. The topological polar surface area (TPSA) is 46.2 Å². The lowest BCUT2D eigenvalue weighted by Crippen LogP contribution is -2.18. The van der Waals surface area contributed by atoms with Gasteiger partial charge >= 0.3 is 0 Å². The quantitative estimate of drug-likeness (QED) is 0.812. The lowest BCUT2D eigenvalue weighted by Gasteiger charge is -2.14. The Labute approximate surface area is 108 Å². The van der Waals surface area contributed by atoms with Crippen LogP contribution >= 0.6 is 11.6 Å². The van der Waals surface area contributed by atoms with Crippen molar-refractivity contribution < 1.29 is 8.42 Å². The smallest absolute Gasteiger partial charge is 0.232 e. The fourth-order valence-corrected chi connectivity index (χ4v) is 3.14. The number of benzene rings is 1. The average molecular weight is 276 g/mol. The summed E-state index contributed by atoms with van der Waals surface area (Å²) in [5.41, 5.74) is 2.67. The van der Waals surface area contributed by atoms with E-state index in [4.69, 9.17) is 11.6 Å². The molecular formula is C12H18ClNO2S. The molecule has 0 unspecified atom stereocenters. The van der Waals surface area contributed by atoms with Crippen LogP contribution in [0.25, 0.3) is 0 Å². The first-order valence-electron chi connectivity index (χ1n) is 5.65. The Morgan fingerprint density at radius 3 is 2.65 bits per heavy atom. The molecule has 0 aliphatic carbocycles. The highest BCUT2D eigenvalue weighted by molar-refractivity contribution is 7.92. The van der Waals surface area contributed by atoms with Crippen LogP contribution < -0.4 is 4.72 Å². The van der Waals surface area contributed by atoms with Gasteiger partial charge in [-0.25, -0.2) is 8.42 Å². The van der Waals surface area contributed by atoms with Crippen LogP contribution in [0, 0.1) is 6.92 Å². The van der Waals surface area contributed by atoms with E-state index in [0.29, 0.717) is 18.0 Å². The molecule has 17 heavy (non-hydrogen) atoms. The maximum absolute atomic E-state index is 11.8. The maximum Gasteiger partial charge on any atom is 0.232 e. The third-order valence-electron chi connectivity index (χ3n) is 2.54. The molecule has 0 saturated heterocycles. The second kappa shape index (κ2) is 6.26. The van der Waals surface area contributed by atoms with Crippen LogP contribution in [-0.4, -0.2) is 20.1 Å². The van der Waals surface area contributed by atoms with Crippen LogP contribution in [0.15, 0.2) is 18.2 Å². The number of sulfonamides is 1. The number of anilines is 1. The second-order valence-corrected chi connectivity index (χ2v) is 6.15. The van der Waals surface area contributed by atoms with Gasteiger partial charge in [0.2, 0.25) is 10.0 Å².